The number of aromatic nitrogens is 1. The predicted octanol–water partition coefficient (Wildman–Crippen LogP) is 15.9. The zero-order valence-corrected chi connectivity index (χ0v) is 40.4. The van der Waals surface area contributed by atoms with E-state index in [1.807, 2.05) is 6.07 Å². The molecule has 1 N–H and O–H groups in total. The van der Waals surface area contributed by atoms with Crippen molar-refractivity contribution in [2.24, 2.45) is 0 Å². The van der Waals surface area contributed by atoms with E-state index in [1.54, 1.807) is 0 Å². The summed E-state index contributed by atoms with van der Waals surface area (Å²) in [6, 6.07) is 66.2. The van der Waals surface area contributed by atoms with Crippen molar-refractivity contribution in [2.45, 2.75) is 58.3 Å². The maximum Gasteiger partial charge on any atom is 0.197 e. The zero-order chi connectivity index (χ0) is 47.5. The molecule has 1 radical (unpaired) electrons. The van der Waals surface area contributed by atoms with Crippen LogP contribution >= 0.6 is 0 Å². The summed E-state index contributed by atoms with van der Waals surface area (Å²) in [6.45, 7) is 16.5. The number of benzene rings is 9. The van der Waals surface area contributed by atoms with E-state index in [2.05, 4.69) is 245 Å². The molecule has 13 rings (SSSR count). The van der Waals surface area contributed by atoms with Gasteiger partial charge in [-0.1, -0.05) is 155 Å². The Morgan fingerprint density at radius 3 is 2.04 bits per heavy atom. The summed E-state index contributed by atoms with van der Waals surface area (Å²) in [4.78, 5) is 2.37. The van der Waals surface area contributed by atoms with Gasteiger partial charge in [-0.05, 0) is 141 Å². The summed E-state index contributed by atoms with van der Waals surface area (Å²) in [5, 5.41) is 9.04. The summed E-state index contributed by atoms with van der Waals surface area (Å²) < 4.78 is 9.32. The molecule has 0 atom stereocenters. The van der Waals surface area contributed by atoms with Crippen LogP contribution in [-0.2, 0) is 10.8 Å². The van der Waals surface area contributed by atoms with Crippen LogP contribution in [0, 0.1) is 6.92 Å². The molecular formula is C65H53BN3O. The second-order valence-corrected chi connectivity index (χ2v) is 20.8. The van der Waals surface area contributed by atoms with Crippen LogP contribution in [0.15, 0.2) is 195 Å². The van der Waals surface area contributed by atoms with Crippen LogP contribution in [0.2, 0.25) is 0 Å². The molecule has 10 aromatic rings. The third-order valence-electron chi connectivity index (χ3n) is 15.5. The Bertz CT molecular complexity index is 3790. The minimum atomic E-state index is 0.0712. The van der Waals surface area contributed by atoms with Gasteiger partial charge in [-0.2, -0.15) is 0 Å². The molecule has 1 aromatic heterocycles. The Hall–Kier alpha value is -8.02. The lowest BCUT2D eigenvalue weighted by Crippen LogP contribution is -2.38. The van der Waals surface area contributed by atoms with Crippen molar-refractivity contribution in [2.75, 3.05) is 10.2 Å². The predicted molar refractivity (Wildman–Crippen MR) is 297 cm³/mol. The van der Waals surface area contributed by atoms with E-state index >= 15 is 0 Å². The van der Waals surface area contributed by atoms with Crippen LogP contribution in [0.3, 0.4) is 0 Å². The standard InChI is InChI=1S/C65H53BN3O/c1-40-35-58(43-19-10-7-11-20-43)70-59-39-57-54(38-49(40)59)66-62-51(34-41(2)60-61-48-25-17-16-18-42(48)26-31-56(61)69(57)63(60)62)50-37-47(68(45-21-12-8-13-22-45)46-23-14-9-15-24-46)28-30-55(50)67-44-27-29-52-53(36-44)65(5,6)33-32-64(52,3)4/h7-31,34-39,67H,1,32-33H2,2-6H3. The number of nitrogens with zero attached hydrogens (tertiary/aromatic N) is 2. The van der Waals surface area contributed by atoms with Gasteiger partial charge in [0.05, 0.1) is 5.52 Å². The number of nitrogens with one attached hydrogen (secondary N) is 1. The molecule has 3 aliphatic rings. The number of aryl methyl sites for hydroxylation is 1. The van der Waals surface area contributed by atoms with Gasteiger partial charge < -0.3 is 19.5 Å². The largest absolute Gasteiger partial charge is 0.456 e. The van der Waals surface area contributed by atoms with E-state index < -0.39 is 0 Å². The Kier molecular flexibility index (Phi) is 9.48. The number of ether oxygens (including phenoxy) is 1. The quantitative estimate of drug-likeness (QED) is 0.162. The van der Waals surface area contributed by atoms with Gasteiger partial charge in [-0.3, -0.25) is 0 Å². The van der Waals surface area contributed by atoms with Gasteiger partial charge in [0.15, 0.2) is 7.28 Å². The fourth-order valence-corrected chi connectivity index (χ4v) is 11.8. The summed E-state index contributed by atoms with van der Waals surface area (Å²) in [5.41, 5.74) is 20.7. The number of para-hydroxylation sites is 2. The highest BCUT2D eigenvalue weighted by atomic mass is 16.5. The van der Waals surface area contributed by atoms with Crippen molar-refractivity contribution in [3.8, 4) is 22.6 Å². The molecule has 1 aliphatic carbocycles. The van der Waals surface area contributed by atoms with Crippen LogP contribution in [0.4, 0.5) is 28.4 Å². The molecule has 3 heterocycles. The molecule has 0 unspecified atom stereocenters. The highest BCUT2D eigenvalue weighted by Crippen LogP contribution is 2.49. The van der Waals surface area contributed by atoms with E-state index in [9.17, 15) is 0 Å². The molecule has 0 fully saturated rings. The van der Waals surface area contributed by atoms with Crippen LogP contribution in [0.1, 0.15) is 68.4 Å². The number of hydrogen-bond donors (Lipinski definition) is 1. The van der Waals surface area contributed by atoms with Gasteiger partial charge in [-0.25, -0.2) is 0 Å². The normalized spacial score (nSPS) is 15.1. The minimum absolute atomic E-state index is 0.0712. The Labute approximate surface area is 411 Å². The maximum atomic E-state index is 6.81. The average Bonchev–Trinajstić information content (AvgIpc) is 3.75. The number of anilines is 5. The smallest absolute Gasteiger partial charge is 0.197 e. The molecule has 337 valence electrons. The molecular weight excluding hydrogens is 850 g/mol. The lowest BCUT2D eigenvalue weighted by Gasteiger charge is -2.42. The van der Waals surface area contributed by atoms with Gasteiger partial charge in [0.1, 0.15) is 11.5 Å². The number of fused-ring (bicyclic) bond motifs is 9. The molecule has 0 saturated carbocycles. The highest BCUT2D eigenvalue weighted by molar-refractivity contribution is 6.73. The minimum Gasteiger partial charge on any atom is -0.456 e. The lowest BCUT2D eigenvalue weighted by atomic mass is 9.58. The molecule has 0 bridgehead atoms. The monoisotopic (exact) mass is 902 g/mol. The van der Waals surface area contributed by atoms with E-state index in [4.69, 9.17) is 4.74 Å². The molecule has 0 saturated heterocycles. The first-order valence-electron chi connectivity index (χ1n) is 24.6. The topological polar surface area (TPSA) is 29.4 Å². The van der Waals surface area contributed by atoms with Crippen molar-refractivity contribution < 1.29 is 4.74 Å². The molecule has 0 amide bonds. The van der Waals surface area contributed by atoms with Gasteiger partial charge in [-0.15, -0.1) is 0 Å². The van der Waals surface area contributed by atoms with Gasteiger partial charge >= 0.3 is 0 Å². The van der Waals surface area contributed by atoms with E-state index in [1.165, 1.54) is 61.2 Å². The zero-order valence-electron chi connectivity index (χ0n) is 40.4. The SMILES string of the molecule is C=C1C=C(c2ccccc2)Oc2cc3c(cc21)[B]c1c(-c2cc(N(c4ccccc4)c4ccccc4)ccc2Nc2ccc4c(c2)C(C)(C)CCC4(C)C)cc(C)c2c4c5ccccc5ccc4n-3c12. The third-order valence-corrected chi connectivity index (χ3v) is 15.5. The molecule has 70 heavy (non-hydrogen) atoms. The molecule has 5 heteroatoms. The van der Waals surface area contributed by atoms with Crippen molar-refractivity contribution in [3.63, 3.8) is 0 Å². The van der Waals surface area contributed by atoms with Gasteiger partial charge in [0.2, 0.25) is 0 Å². The Balaban J connectivity index is 1.07. The average molecular weight is 903 g/mol. The maximum absolute atomic E-state index is 6.81. The van der Waals surface area contributed by atoms with Crippen LogP contribution in [-0.4, -0.2) is 11.8 Å². The second-order valence-electron chi connectivity index (χ2n) is 20.8. The van der Waals surface area contributed by atoms with Crippen molar-refractivity contribution >= 4 is 90.6 Å². The number of rotatable bonds is 7. The summed E-state index contributed by atoms with van der Waals surface area (Å²) in [7, 11) is 2.42. The van der Waals surface area contributed by atoms with E-state index in [-0.39, 0.29) is 10.8 Å². The first-order valence-corrected chi connectivity index (χ1v) is 24.6. The molecule has 4 nitrogen and oxygen atoms in total. The Morgan fingerprint density at radius 1 is 0.614 bits per heavy atom. The second kappa shape index (κ2) is 15.8. The molecule has 2 aliphatic heterocycles. The Morgan fingerprint density at radius 2 is 1.30 bits per heavy atom. The number of hydrogen-bond acceptors (Lipinski definition) is 3. The van der Waals surface area contributed by atoms with E-state index in [0.717, 1.165) is 85.3 Å². The number of allylic oxidation sites excluding steroid dienone is 2. The van der Waals surface area contributed by atoms with Crippen molar-refractivity contribution in [1.82, 2.24) is 4.57 Å². The summed E-state index contributed by atoms with van der Waals surface area (Å²) >= 11 is 0. The third kappa shape index (κ3) is 6.66. The fraction of sp³-hybridized carbons (Fsp3) is 0.138. The summed E-state index contributed by atoms with van der Waals surface area (Å²) in [6.07, 6.45) is 4.40. The van der Waals surface area contributed by atoms with Gasteiger partial charge in [0.25, 0.3) is 0 Å². The fourth-order valence-electron chi connectivity index (χ4n) is 11.8. The lowest BCUT2D eigenvalue weighted by molar-refractivity contribution is 0.332. The van der Waals surface area contributed by atoms with Crippen molar-refractivity contribution in [1.29, 1.82) is 0 Å². The molecule has 0 spiro atoms. The van der Waals surface area contributed by atoms with Crippen LogP contribution < -0.4 is 25.9 Å². The van der Waals surface area contributed by atoms with E-state index in [0.29, 0.717) is 0 Å². The summed E-state index contributed by atoms with van der Waals surface area (Å²) in [5.74, 6) is 1.61. The first-order chi connectivity index (χ1) is 34.0. The van der Waals surface area contributed by atoms with Crippen molar-refractivity contribution in [3.05, 3.63) is 222 Å². The first kappa shape index (κ1) is 42.1. The van der Waals surface area contributed by atoms with Crippen LogP contribution in [0.5, 0.6) is 5.75 Å². The van der Waals surface area contributed by atoms with Gasteiger partial charge in [0, 0.05) is 73.2 Å². The van der Waals surface area contributed by atoms with Crippen LogP contribution in [0.25, 0.3) is 60.7 Å². The highest BCUT2D eigenvalue weighted by Gasteiger charge is 2.37. The molecule has 9 aromatic carbocycles.